The lowest BCUT2D eigenvalue weighted by Crippen LogP contribution is -2.25. The summed E-state index contributed by atoms with van der Waals surface area (Å²) in [5.41, 5.74) is 5.21. The van der Waals surface area contributed by atoms with E-state index >= 15 is 0 Å². The van der Waals surface area contributed by atoms with Crippen molar-refractivity contribution in [3.63, 3.8) is 0 Å². The molecule has 0 fully saturated rings. The number of thioether (sulfide) groups is 1. The second kappa shape index (κ2) is 11.3. The molecule has 1 atom stereocenters. The van der Waals surface area contributed by atoms with E-state index in [9.17, 15) is 9.59 Å². The minimum absolute atomic E-state index is 0.153. The largest absolute Gasteiger partial charge is 0.454 e. The SMILES string of the molecule is CC[C@H](Sc1nc2cc(C(=O)NCc3ccccc3)ccc2c2nc3ccccc3n12)C(=O)Nc1ccc2c(c1)OCO2. The van der Waals surface area contributed by atoms with Gasteiger partial charge in [-0.3, -0.25) is 14.0 Å². The number of benzene rings is 4. The van der Waals surface area contributed by atoms with Crippen molar-refractivity contribution in [1.82, 2.24) is 19.7 Å². The Morgan fingerprint density at radius 3 is 2.58 bits per heavy atom. The summed E-state index contributed by atoms with van der Waals surface area (Å²) in [5.74, 6) is 0.914. The van der Waals surface area contributed by atoms with Gasteiger partial charge in [0.15, 0.2) is 16.7 Å². The Bertz CT molecular complexity index is 2010. The molecule has 43 heavy (non-hydrogen) atoms. The fourth-order valence-electron chi connectivity index (χ4n) is 5.11. The van der Waals surface area contributed by atoms with Gasteiger partial charge in [0.05, 0.1) is 21.8 Å². The fourth-order valence-corrected chi connectivity index (χ4v) is 6.14. The van der Waals surface area contributed by atoms with E-state index in [2.05, 4.69) is 10.6 Å². The highest BCUT2D eigenvalue weighted by Gasteiger charge is 2.24. The van der Waals surface area contributed by atoms with Crippen molar-refractivity contribution >= 4 is 56.8 Å². The average Bonchev–Trinajstić information content (AvgIpc) is 3.67. The number of ether oxygens (including phenoxy) is 2. The molecule has 1 aliphatic rings. The van der Waals surface area contributed by atoms with Crippen LogP contribution in [0.4, 0.5) is 5.69 Å². The monoisotopic (exact) mass is 589 g/mol. The van der Waals surface area contributed by atoms with E-state index in [1.165, 1.54) is 11.8 Å². The predicted octanol–water partition coefficient (Wildman–Crippen LogP) is 6.20. The number of amides is 2. The van der Waals surface area contributed by atoms with Crippen LogP contribution < -0.4 is 20.1 Å². The molecule has 0 aliphatic carbocycles. The lowest BCUT2D eigenvalue weighted by molar-refractivity contribution is -0.115. The summed E-state index contributed by atoms with van der Waals surface area (Å²) in [6.45, 7) is 2.56. The Labute approximate surface area is 251 Å². The number of hydrogen-bond donors (Lipinski definition) is 2. The number of rotatable bonds is 8. The number of imidazole rings is 1. The maximum Gasteiger partial charge on any atom is 0.251 e. The van der Waals surface area contributed by atoms with Crippen molar-refractivity contribution < 1.29 is 19.1 Å². The highest BCUT2D eigenvalue weighted by molar-refractivity contribution is 8.00. The van der Waals surface area contributed by atoms with Crippen LogP contribution in [0.15, 0.2) is 96.2 Å². The first-order chi connectivity index (χ1) is 21.1. The second-order valence-electron chi connectivity index (χ2n) is 10.1. The maximum absolute atomic E-state index is 13.5. The molecule has 10 heteroatoms. The van der Waals surface area contributed by atoms with Crippen LogP contribution in [-0.2, 0) is 11.3 Å². The van der Waals surface area contributed by atoms with Crippen molar-refractivity contribution in [2.24, 2.45) is 0 Å². The van der Waals surface area contributed by atoms with Crippen LogP contribution in [0.25, 0.3) is 27.6 Å². The van der Waals surface area contributed by atoms with Gasteiger partial charge in [-0.2, -0.15) is 0 Å². The summed E-state index contributed by atoms with van der Waals surface area (Å²) in [4.78, 5) is 36.5. The number of anilines is 1. The number of aromatic nitrogens is 3. The molecule has 0 saturated carbocycles. The van der Waals surface area contributed by atoms with Crippen LogP contribution in [-0.4, -0.2) is 38.2 Å². The Morgan fingerprint density at radius 1 is 0.907 bits per heavy atom. The van der Waals surface area contributed by atoms with E-state index in [-0.39, 0.29) is 18.6 Å². The van der Waals surface area contributed by atoms with Crippen LogP contribution in [0.5, 0.6) is 11.5 Å². The maximum atomic E-state index is 13.5. The standard InChI is InChI=1S/C33H27N5O4S/c1-2-29(32(40)35-22-13-15-27-28(17-22)42-19-41-27)43-33-37-25-16-21(31(39)34-18-20-8-4-3-5-9-20)12-14-23(25)30-36-24-10-6-7-11-26(24)38(30)33/h3-17,29H,2,18-19H2,1H3,(H,34,39)(H,35,40)/t29-/m0/s1. The smallest absolute Gasteiger partial charge is 0.251 e. The van der Waals surface area contributed by atoms with Gasteiger partial charge in [-0.05, 0) is 54.4 Å². The molecule has 6 aromatic rings. The van der Waals surface area contributed by atoms with Crippen molar-refractivity contribution in [1.29, 1.82) is 0 Å². The van der Waals surface area contributed by atoms with Gasteiger partial charge in [-0.1, -0.05) is 61.2 Å². The van der Waals surface area contributed by atoms with Gasteiger partial charge in [-0.25, -0.2) is 9.97 Å². The van der Waals surface area contributed by atoms with E-state index in [1.54, 1.807) is 30.3 Å². The van der Waals surface area contributed by atoms with Crippen LogP contribution in [0, 0.1) is 0 Å². The van der Waals surface area contributed by atoms with Gasteiger partial charge >= 0.3 is 0 Å². The van der Waals surface area contributed by atoms with Gasteiger partial charge in [0.1, 0.15) is 5.65 Å². The van der Waals surface area contributed by atoms with Gasteiger partial charge in [0.25, 0.3) is 5.91 Å². The average molecular weight is 590 g/mol. The number of fused-ring (bicyclic) bond motifs is 6. The molecule has 0 bridgehead atoms. The van der Waals surface area contributed by atoms with Crippen molar-refractivity contribution in [2.45, 2.75) is 30.3 Å². The molecule has 2 N–H and O–H groups in total. The molecule has 0 radical (unpaired) electrons. The number of carbonyl (C=O) groups is 2. The molecule has 2 amide bonds. The lowest BCUT2D eigenvalue weighted by atomic mass is 10.1. The van der Waals surface area contributed by atoms with Crippen LogP contribution in [0.1, 0.15) is 29.3 Å². The summed E-state index contributed by atoms with van der Waals surface area (Å²) in [6, 6.07) is 28.4. The molecule has 4 aromatic carbocycles. The fraction of sp³-hybridized carbons (Fsp3) is 0.152. The molecule has 0 saturated heterocycles. The normalized spacial score (nSPS) is 13.0. The molecule has 214 valence electrons. The zero-order valence-electron chi connectivity index (χ0n) is 23.2. The molecule has 0 spiro atoms. The number of carbonyl (C=O) groups excluding carboxylic acids is 2. The predicted molar refractivity (Wildman–Crippen MR) is 167 cm³/mol. The van der Waals surface area contributed by atoms with Crippen LogP contribution in [0.2, 0.25) is 0 Å². The first-order valence-electron chi connectivity index (χ1n) is 14.0. The Kier molecular flexibility index (Phi) is 7.04. The van der Waals surface area contributed by atoms with Gasteiger partial charge < -0.3 is 20.1 Å². The van der Waals surface area contributed by atoms with Gasteiger partial charge in [-0.15, -0.1) is 0 Å². The van der Waals surface area contributed by atoms with Crippen molar-refractivity contribution in [2.75, 3.05) is 12.1 Å². The highest BCUT2D eigenvalue weighted by Crippen LogP contribution is 2.36. The summed E-state index contributed by atoms with van der Waals surface area (Å²) in [7, 11) is 0. The molecule has 1 aliphatic heterocycles. The topological polar surface area (TPSA) is 107 Å². The summed E-state index contributed by atoms with van der Waals surface area (Å²) >= 11 is 1.37. The van der Waals surface area contributed by atoms with E-state index in [0.717, 1.165) is 27.6 Å². The molecule has 9 nitrogen and oxygen atoms in total. The summed E-state index contributed by atoms with van der Waals surface area (Å²) in [6.07, 6.45) is 0.566. The molecular weight excluding hydrogens is 562 g/mol. The summed E-state index contributed by atoms with van der Waals surface area (Å²) in [5, 5.41) is 6.98. The molecule has 0 unspecified atom stereocenters. The Balaban J connectivity index is 1.23. The number of nitrogens with one attached hydrogen (secondary N) is 2. The van der Waals surface area contributed by atoms with Crippen LogP contribution >= 0.6 is 11.8 Å². The Morgan fingerprint density at radius 2 is 1.72 bits per heavy atom. The molecule has 7 rings (SSSR count). The number of nitrogens with zero attached hydrogens (tertiary/aromatic N) is 3. The molecular formula is C33H27N5O4S. The van der Waals surface area contributed by atoms with E-state index in [4.69, 9.17) is 19.4 Å². The Hall–Kier alpha value is -5.09. The zero-order valence-corrected chi connectivity index (χ0v) is 24.1. The van der Waals surface area contributed by atoms with E-state index in [0.29, 0.717) is 46.4 Å². The van der Waals surface area contributed by atoms with Crippen molar-refractivity contribution in [3.8, 4) is 11.5 Å². The lowest BCUT2D eigenvalue weighted by Gasteiger charge is -2.16. The molecule has 3 heterocycles. The third kappa shape index (κ3) is 5.21. The zero-order chi connectivity index (χ0) is 29.3. The van der Waals surface area contributed by atoms with Gasteiger partial charge in [0, 0.05) is 29.2 Å². The minimum atomic E-state index is -0.447. The first-order valence-corrected chi connectivity index (χ1v) is 14.9. The first kappa shape index (κ1) is 26.8. The third-order valence-electron chi connectivity index (χ3n) is 7.32. The number of para-hydroxylation sites is 2. The molecule has 2 aromatic heterocycles. The highest BCUT2D eigenvalue weighted by atomic mass is 32.2. The minimum Gasteiger partial charge on any atom is -0.454 e. The van der Waals surface area contributed by atoms with Crippen molar-refractivity contribution in [3.05, 3.63) is 102 Å². The van der Waals surface area contributed by atoms with Gasteiger partial charge in [0.2, 0.25) is 12.7 Å². The second-order valence-corrected chi connectivity index (χ2v) is 11.3. The number of hydrogen-bond acceptors (Lipinski definition) is 7. The van der Waals surface area contributed by atoms with E-state index < -0.39 is 5.25 Å². The summed E-state index contributed by atoms with van der Waals surface area (Å²) < 4.78 is 12.8. The third-order valence-corrected chi connectivity index (χ3v) is 8.63. The van der Waals surface area contributed by atoms with E-state index in [1.807, 2.05) is 72.0 Å². The quantitative estimate of drug-likeness (QED) is 0.161. The van der Waals surface area contributed by atoms with Crippen LogP contribution in [0.3, 0.4) is 0 Å².